The van der Waals surface area contributed by atoms with E-state index in [4.69, 9.17) is 11.0 Å². The predicted octanol–water partition coefficient (Wildman–Crippen LogP) is 2.02. The standard InChI is InChI=1S/C15H16N6O3/c1-9(22)10-4-5-13(14(7-10)21(23)24)18-6-2-3-12-11(8-16)15(17)20-19-12/h4-5,7,18H,2-3,6H2,1H3,(H3,17,19,20). The van der Waals surface area contributed by atoms with Crippen molar-refractivity contribution in [1.29, 1.82) is 5.26 Å². The summed E-state index contributed by atoms with van der Waals surface area (Å²) >= 11 is 0. The number of hydrogen-bond donors (Lipinski definition) is 3. The number of nitrogens with two attached hydrogens (primary N) is 1. The van der Waals surface area contributed by atoms with Gasteiger partial charge in [0.2, 0.25) is 0 Å². The summed E-state index contributed by atoms with van der Waals surface area (Å²) in [5.74, 6) is -0.0681. The monoisotopic (exact) mass is 328 g/mol. The Morgan fingerprint density at radius 2 is 2.29 bits per heavy atom. The van der Waals surface area contributed by atoms with Crippen LogP contribution in [-0.2, 0) is 6.42 Å². The van der Waals surface area contributed by atoms with E-state index in [1.165, 1.54) is 19.1 Å². The van der Waals surface area contributed by atoms with E-state index in [0.29, 0.717) is 41.9 Å². The number of aryl methyl sites for hydroxylation is 1. The summed E-state index contributed by atoms with van der Waals surface area (Å²) in [6.07, 6.45) is 1.14. The molecule has 0 amide bonds. The number of anilines is 2. The molecule has 1 aromatic heterocycles. The second kappa shape index (κ2) is 7.23. The molecule has 2 rings (SSSR count). The number of nitrogens with one attached hydrogen (secondary N) is 2. The van der Waals surface area contributed by atoms with Gasteiger partial charge in [0.05, 0.1) is 10.6 Å². The summed E-state index contributed by atoms with van der Waals surface area (Å²) in [4.78, 5) is 21.9. The molecule has 2 aromatic rings. The first-order valence-corrected chi connectivity index (χ1v) is 7.20. The lowest BCUT2D eigenvalue weighted by Gasteiger charge is -2.07. The van der Waals surface area contributed by atoms with Gasteiger partial charge in [-0.05, 0) is 31.9 Å². The van der Waals surface area contributed by atoms with E-state index in [9.17, 15) is 14.9 Å². The molecule has 0 aliphatic heterocycles. The minimum absolute atomic E-state index is 0.147. The molecule has 0 fully saturated rings. The van der Waals surface area contributed by atoms with Gasteiger partial charge < -0.3 is 11.1 Å². The molecule has 0 saturated heterocycles. The van der Waals surface area contributed by atoms with Crippen molar-refractivity contribution < 1.29 is 9.72 Å². The number of nitro benzene ring substituents is 1. The zero-order valence-corrected chi connectivity index (χ0v) is 13.0. The molecule has 0 aliphatic rings. The molecule has 0 atom stereocenters. The third-order valence-corrected chi connectivity index (χ3v) is 3.50. The summed E-state index contributed by atoms with van der Waals surface area (Å²) in [5, 5.41) is 29.6. The first-order chi connectivity index (χ1) is 11.4. The number of nitrogen functional groups attached to an aromatic ring is 1. The maximum absolute atomic E-state index is 11.3. The Hall–Kier alpha value is -3.41. The van der Waals surface area contributed by atoms with Crippen LogP contribution in [0, 0.1) is 21.4 Å². The molecule has 0 bridgehead atoms. The Labute approximate surface area is 137 Å². The van der Waals surface area contributed by atoms with Crippen LogP contribution in [0.3, 0.4) is 0 Å². The molecule has 0 saturated carbocycles. The van der Waals surface area contributed by atoms with E-state index in [0.717, 1.165) is 0 Å². The largest absolute Gasteiger partial charge is 0.381 e. The van der Waals surface area contributed by atoms with E-state index in [1.807, 2.05) is 6.07 Å². The molecule has 0 aliphatic carbocycles. The van der Waals surface area contributed by atoms with Gasteiger partial charge in [-0.1, -0.05) is 0 Å². The Bertz CT molecular complexity index is 821. The molecule has 4 N–H and O–H groups in total. The molecule has 0 spiro atoms. The number of carbonyl (C=O) groups is 1. The fourth-order valence-corrected chi connectivity index (χ4v) is 2.24. The summed E-state index contributed by atoms with van der Waals surface area (Å²) in [6, 6.07) is 6.30. The molecular formula is C15H16N6O3. The Balaban J connectivity index is 2.00. The van der Waals surface area contributed by atoms with E-state index >= 15 is 0 Å². The number of benzene rings is 1. The summed E-state index contributed by atoms with van der Waals surface area (Å²) in [7, 11) is 0. The van der Waals surface area contributed by atoms with Gasteiger partial charge in [-0.25, -0.2) is 0 Å². The number of aromatic nitrogens is 2. The third kappa shape index (κ3) is 3.67. The molecular weight excluding hydrogens is 312 g/mol. The minimum atomic E-state index is -0.530. The number of ketones is 1. The maximum Gasteiger partial charge on any atom is 0.293 e. The van der Waals surface area contributed by atoms with Gasteiger partial charge >= 0.3 is 0 Å². The normalized spacial score (nSPS) is 10.2. The average molecular weight is 328 g/mol. The van der Waals surface area contributed by atoms with Gasteiger partial charge in [-0.15, -0.1) is 0 Å². The van der Waals surface area contributed by atoms with Crippen molar-refractivity contribution in [2.75, 3.05) is 17.6 Å². The number of carbonyl (C=O) groups excluding carboxylic acids is 1. The molecule has 24 heavy (non-hydrogen) atoms. The second-order valence-electron chi connectivity index (χ2n) is 5.15. The summed E-state index contributed by atoms with van der Waals surface area (Å²) in [6.45, 7) is 1.80. The van der Waals surface area contributed by atoms with Crippen LogP contribution in [-0.4, -0.2) is 27.4 Å². The molecule has 124 valence electrons. The number of nitrogens with zero attached hydrogens (tertiary/aromatic N) is 3. The number of hydrogen-bond acceptors (Lipinski definition) is 7. The molecule has 1 heterocycles. The highest BCUT2D eigenvalue weighted by Gasteiger charge is 2.16. The highest BCUT2D eigenvalue weighted by Crippen LogP contribution is 2.26. The van der Waals surface area contributed by atoms with Crippen LogP contribution in [0.5, 0.6) is 0 Å². The van der Waals surface area contributed by atoms with Crippen LogP contribution in [0.1, 0.15) is 35.0 Å². The van der Waals surface area contributed by atoms with Crippen molar-refractivity contribution >= 4 is 23.0 Å². The van der Waals surface area contributed by atoms with Gasteiger partial charge in [0, 0.05) is 18.2 Å². The van der Waals surface area contributed by atoms with E-state index < -0.39 is 4.92 Å². The highest BCUT2D eigenvalue weighted by atomic mass is 16.6. The number of nitriles is 1. The van der Waals surface area contributed by atoms with Gasteiger partial charge in [0.15, 0.2) is 11.6 Å². The first-order valence-electron chi connectivity index (χ1n) is 7.20. The first kappa shape index (κ1) is 17.0. The lowest BCUT2D eigenvalue weighted by Crippen LogP contribution is -2.07. The van der Waals surface area contributed by atoms with Gasteiger partial charge in [0.25, 0.3) is 5.69 Å². The van der Waals surface area contributed by atoms with E-state index in [2.05, 4.69) is 15.5 Å². The van der Waals surface area contributed by atoms with Gasteiger partial charge in [-0.3, -0.25) is 20.0 Å². The molecule has 9 nitrogen and oxygen atoms in total. The van der Waals surface area contributed by atoms with E-state index in [1.54, 1.807) is 6.07 Å². The Morgan fingerprint density at radius 3 is 2.92 bits per heavy atom. The molecule has 1 aromatic carbocycles. The summed E-state index contributed by atoms with van der Waals surface area (Å²) in [5.41, 5.74) is 7.00. The minimum Gasteiger partial charge on any atom is -0.381 e. The molecule has 9 heteroatoms. The van der Waals surface area contributed by atoms with Crippen LogP contribution >= 0.6 is 0 Å². The molecule has 0 unspecified atom stereocenters. The van der Waals surface area contributed by atoms with Crippen molar-refractivity contribution in [3.05, 3.63) is 45.1 Å². The van der Waals surface area contributed by atoms with Crippen LogP contribution in [0.15, 0.2) is 18.2 Å². The second-order valence-corrected chi connectivity index (χ2v) is 5.15. The zero-order chi connectivity index (χ0) is 17.7. The number of aromatic amines is 1. The third-order valence-electron chi connectivity index (χ3n) is 3.50. The van der Waals surface area contributed by atoms with Crippen molar-refractivity contribution in [3.63, 3.8) is 0 Å². The van der Waals surface area contributed by atoms with Crippen LogP contribution in [0.2, 0.25) is 0 Å². The SMILES string of the molecule is CC(=O)c1ccc(NCCCc2[nH]nc(N)c2C#N)c([N+](=O)[O-])c1. The van der Waals surface area contributed by atoms with Crippen molar-refractivity contribution in [3.8, 4) is 6.07 Å². The maximum atomic E-state index is 11.3. The fourth-order valence-electron chi connectivity index (χ4n) is 2.24. The average Bonchev–Trinajstić information content (AvgIpc) is 2.91. The van der Waals surface area contributed by atoms with Crippen molar-refractivity contribution in [1.82, 2.24) is 10.2 Å². The van der Waals surface area contributed by atoms with Crippen molar-refractivity contribution in [2.24, 2.45) is 0 Å². The van der Waals surface area contributed by atoms with Gasteiger partial charge in [-0.2, -0.15) is 10.4 Å². The number of rotatable bonds is 7. The fraction of sp³-hybridized carbons (Fsp3) is 0.267. The van der Waals surface area contributed by atoms with Crippen molar-refractivity contribution in [2.45, 2.75) is 19.8 Å². The zero-order valence-electron chi connectivity index (χ0n) is 13.0. The Morgan fingerprint density at radius 1 is 1.54 bits per heavy atom. The number of H-pyrrole nitrogens is 1. The predicted molar refractivity (Wildman–Crippen MR) is 87.6 cm³/mol. The topological polar surface area (TPSA) is 151 Å². The smallest absolute Gasteiger partial charge is 0.293 e. The van der Waals surface area contributed by atoms with Crippen LogP contribution < -0.4 is 11.1 Å². The quantitative estimate of drug-likeness (QED) is 0.304. The van der Waals surface area contributed by atoms with Gasteiger partial charge in [0.1, 0.15) is 17.3 Å². The summed E-state index contributed by atoms with van der Waals surface area (Å²) < 4.78 is 0. The lowest BCUT2D eigenvalue weighted by atomic mass is 10.1. The van der Waals surface area contributed by atoms with E-state index in [-0.39, 0.29) is 17.3 Å². The number of Topliss-reactive ketones (excluding diaryl/α,β-unsaturated/α-hetero) is 1. The number of nitro groups is 1. The highest BCUT2D eigenvalue weighted by molar-refractivity contribution is 5.95. The Kier molecular flexibility index (Phi) is 5.11. The van der Waals surface area contributed by atoms with Crippen LogP contribution in [0.4, 0.5) is 17.2 Å². The lowest BCUT2D eigenvalue weighted by molar-refractivity contribution is -0.384. The molecule has 0 radical (unpaired) electrons. The van der Waals surface area contributed by atoms with Crippen LogP contribution in [0.25, 0.3) is 0 Å².